The zero-order valence-corrected chi connectivity index (χ0v) is 97.7. The monoisotopic (exact) mass is 2460 g/mol. The molecule has 0 amide bonds. The molecule has 862 valence electrons. The Balaban J connectivity index is -0.000000501. The summed E-state index contributed by atoms with van der Waals surface area (Å²) < 4.78 is 236. The molecule has 5 fully saturated rings. The van der Waals surface area contributed by atoms with E-state index in [1.165, 1.54) is 0 Å². The predicted molar refractivity (Wildman–Crippen MR) is 539 cm³/mol. The smallest absolute Gasteiger partial charge is 0.270 e. The minimum absolute atomic E-state index is 0.0232. The molecule has 19 unspecified atom stereocenters. The fourth-order valence-electron chi connectivity index (χ4n) is 15.0. The van der Waals surface area contributed by atoms with Gasteiger partial charge in [0.15, 0.2) is 201 Å². The average Bonchev–Trinajstić information content (AvgIpc) is 0.830. The van der Waals surface area contributed by atoms with Gasteiger partial charge in [-0.05, 0) is 226 Å². The maximum absolute atomic E-state index is 13.6. The molecule has 49 nitrogen and oxygen atoms in total. The molecule has 3 N–H and O–H groups in total. The quantitative estimate of drug-likeness (QED) is 0.0579. The lowest BCUT2D eigenvalue weighted by Crippen LogP contribution is -2.41. The van der Waals surface area contributed by atoms with E-state index in [1.807, 2.05) is 27.7 Å². The first-order chi connectivity index (χ1) is 70.5. The molecule has 0 aliphatic carbocycles. The van der Waals surface area contributed by atoms with Crippen molar-refractivity contribution in [1.82, 2.24) is 0 Å². The molecule has 0 radical (unpaired) electrons. The van der Waals surface area contributed by atoms with Gasteiger partial charge in [-0.15, -0.1) is 0 Å². The molecule has 0 spiro atoms. The van der Waals surface area contributed by atoms with Crippen LogP contribution in [0.1, 0.15) is 376 Å². The minimum Gasteiger partial charge on any atom is -0.285 e. The maximum atomic E-state index is 13.6. The number of hydrogen-bond acceptors (Lipinski definition) is 62. The van der Waals surface area contributed by atoms with Crippen molar-refractivity contribution in [3.05, 3.63) is 0 Å². The SMILES string of the molecule is CCCCCCC1CCCC2CCCCCCCC(C)OOOC(C)CCC3CCCCC(CCCC(CCC(CCC)OOOC(CC)CCCCC4CCCC5CCC(OOO3)C(CC)OOOC(CC)CCC(S(=O)(=O)O)C(CCC(S(=O)(=O)O)C(CCCCC(CCC)S(=O)(=O)O)OOO4)OOO5)OOO1)OOO2.O=S.O=S.O=S.O=S.O=S.O=S.O=S.O=S.O=S.O=S.O=S.O=S.O=S.O=S.O=S.O=S. The molecule has 19 atom stereocenters. The Morgan fingerprint density at radius 1 is 0.228 bits per heavy atom. The van der Waals surface area contributed by atoms with Gasteiger partial charge in [-0.2, -0.15) is 102 Å². The maximum Gasteiger partial charge on any atom is 0.270 e. The molecule has 5 aliphatic rings. The van der Waals surface area contributed by atoms with Crippen LogP contribution in [0.25, 0.3) is 0 Å². The Hall–Kier alpha value is -0.910. The van der Waals surface area contributed by atoms with E-state index in [9.17, 15) is 38.9 Å². The summed E-state index contributed by atoms with van der Waals surface area (Å²) in [6.07, 6.45) is 14.7. The Morgan fingerprint density at radius 3 is 0.966 bits per heavy atom. The second kappa shape index (κ2) is 132. The van der Waals surface area contributed by atoms with E-state index in [2.05, 4.69) is 214 Å². The minimum atomic E-state index is -5.12. The molecule has 5 heterocycles. The number of unbranched alkanes of at least 4 members (excludes halogenated alkanes) is 4. The second-order valence-electron chi connectivity index (χ2n) is 31.9. The van der Waals surface area contributed by atoms with E-state index in [1.54, 1.807) is 13.8 Å². The molecular formula is C77H146O49S19. The van der Waals surface area contributed by atoms with E-state index in [0.717, 1.165) is 103 Å². The highest BCUT2D eigenvalue weighted by Crippen LogP contribution is 2.33. The van der Waals surface area contributed by atoms with Crippen LogP contribution in [0, 0.1) is 0 Å². The topological polar surface area (TPSA) is 658 Å². The number of fused-ring (bicyclic) bond motifs is 18. The summed E-state index contributed by atoms with van der Waals surface area (Å²) >= 11 is 45.3. The Labute approximate surface area is 937 Å². The number of hydrogen-bond donors (Lipinski definition) is 3. The third-order valence-corrected chi connectivity index (χ3v) is 26.2. The van der Waals surface area contributed by atoms with E-state index in [4.69, 9.17) is 186 Å². The fraction of sp³-hybridized carbons (Fsp3) is 1.00. The third-order valence-electron chi connectivity index (χ3n) is 22.3. The van der Waals surface area contributed by atoms with Crippen molar-refractivity contribution in [3.8, 4) is 0 Å². The highest BCUT2D eigenvalue weighted by molar-refractivity contribution is 7.87. The van der Waals surface area contributed by atoms with Crippen molar-refractivity contribution in [2.45, 2.75) is 490 Å². The summed E-state index contributed by atoms with van der Waals surface area (Å²) in [6, 6.07) is 0. The van der Waals surface area contributed by atoms with Crippen LogP contribution in [-0.4, -0.2) is 220 Å². The fourth-order valence-corrected chi connectivity index (χ4v) is 18.0. The molecule has 0 aromatic carbocycles. The summed E-state index contributed by atoms with van der Waals surface area (Å²) in [5.74, 6) is 0. The van der Waals surface area contributed by atoms with Crippen LogP contribution >= 0.6 is 0 Å². The van der Waals surface area contributed by atoms with Crippen molar-refractivity contribution >= 4 is 231 Å². The van der Waals surface area contributed by atoms with Gasteiger partial charge in [0.05, 0.1) is 78.5 Å². The average molecular weight is 2470 g/mol. The van der Waals surface area contributed by atoms with E-state index < -0.39 is 120 Å². The Kier molecular flexibility index (Phi) is 154. The van der Waals surface area contributed by atoms with Gasteiger partial charge in [0, 0.05) is 0 Å². The third kappa shape index (κ3) is 99.6. The summed E-state index contributed by atoms with van der Waals surface area (Å²) in [5.41, 5.74) is 0. The van der Waals surface area contributed by atoms with Crippen molar-refractivity contribution in [3.63, 3.8) is 0 Å². The molecule has 5 rings (SSSR count). The van der Waals surface area contributed by atoms with Crippen LogP contribution in [-0.2, 0) is 349 Å². The van der Waals surface area contributed by atoms with E-state index in [-0.39, 0.29) is 120 Å². The lowest BCUT2D eigenvalue weighted by Gasteiger charge is -2.30. The second-order valence-corrected chi connectivity index (χ2v) is 36.8. The Bertz CT molecular complexity index is 2970. The summed E-state index contributed by atoms with van der Waals surface area (Å²) in [7, 11) is -14.6. The summed E-state index contributed by atoms with van der Waals surface area (Å²) in [5, 5.41) is 40.4. The van der Waals surface area contributed by atoms with Crippen LogP contribution in [0.4, 0.5) is 0 Å². The van der Waals surface area contributed by atoms with Gasteiger partial charge in [0.25, 0.3) is 30.4 Å². The van der Waals surface area contributed by atoms with Crippen molar-refractivity contribution in [1.29, 1.82) is 0 Å². The van der Waals surface area contributed by atoms with Crippen LogP contribution < -0.4 is 0 Å². The van der Waals surface area contributed by atoms with Crippen LogP contribution in [0.2, 0.25) is 0 Å². The molecule has 0 aromatic heterocycles. The van der Waals surface area contributed by atoms with Gasteiger partial charge in [0.2, 0.25) is 0 Å². The van der Waals surface area contributed by atoms with Crippen LogP contribution in [0.5, 0.6) is 0 Å². The van der Waals surface area contributed by atoms with Gasteiger partial charge >= 0.3 is 0 Å². The van der Waals surface area contributed by atoms with E-state index in [0.29, 0.717) is 122 Å². The predicted octanol–water partition coefficient (Wildman–Crippen LogP) is 13.0. The molecule has 8 bridgehead atoms. The summed E-state index contributed by atoms with van der Waals surface area (Å²) in [6.45, 7) is 15.4. The highest BCUT2D eigenvalue weighted by atomic mass is 32.2. The molecule has 145 heavy (non-hydrogen) atoms. The normalized spacial score (nSPS) is 26.4. The van der Waals surface area contributed by atoms with E-state index >= 15 is 0 Å². The van der Waals surface area contributed by atoms with Crippen LogP contribution in [0.3, 0.4) is 0 Å². The first kappa shape index (κ1) is 169. The van der Waals surface area contributed by atoms with Crippen molar-refractivity contribution in [2.24, 2.45) is 0 Å². The zero-order valence-electron chi connectivity index (χ0n) is 82.2. The van der Waals surface area contributed by atoms with Gasteiger partial charge in [0.1, 0.15) is 34.9 Å². The first-order valence-corrected chi connectivity index (χ1v) is 55.8. The summed E-state index contributed by atoms with van der Waals surface area (Å²) in [4.78, 5) is 96.2. The molecule has 0 saturated carbocycles. The molecular weight excluding hydrogens is 2320 g/mol. The largest absolute Gasteiger partial charge is 0.285 e. The van der Waals surface area contributed by atoms with Gasteiger partial charge in [-0.25, -0.2) is 68.4 Å². The highest BCUT2D eigenvalue weighted by Gasteiger charge is 2.41. The standard InChI is InChI=1S/C77H146O33S3.16OS/c1-9-15-16-21-36-64-41-29-42-65-37-22-19-17-18-20-34-59(7)87-103-88-60(8)49-50-68-40-26-25-39-66(94-105-92-65)43-30-45-69(96-106-93-64)52-51-63(32-10-2)91-104-89-61(12-4)35-23-24-38-67-44-31-46-70-53-55-73(100-108-97-68)72(14-6)99-107-90-62(13-5)54-57-76(112(81,82)83)75(102-110-98-70)56-58-77(113(84,85)86)74(101-109-95-67)48-28-27-47-71(33-11-3)111(78,79)80;16*1-2/h59-77H,9-58H2,1-8H3,(H,78,79,80)(H,81,82,83)(H,84,85,86);;;;;;;;;;;;;;;;. The lowest BCUT2D eigenvalue weighted by molar-refractivity contribution is -0.575. The first-order valence-electron chi connectivity index (χ1n) is 46.0. The molecule has 5 aliphatic heterocycles. The molecule has 0 aromatic rings. The van der Waals surface area contributed by atoms with Crippen molar-refractivity contribution < 1.29 is 225 Å². The lowest BCUT2D eigenvalue weighted by atomic mass is 9.99. The van der Waals surface area contributed by atoms with Gasteiger partial charge in [-0.1, -0.05) is 191 Å². The Morgan fingerprint density at radius 2 is 0.531 bits per heavy atom. The number of rotatable bonds is 20. The van der Waals surface area contributed by atoms with Gasteiger partial charge < -0.3 is 0 Å². The molecule has 5 saturated heterocycles. The van der Waals surface area contributed by atoms with Gasteiger partial charge in [-0.3, -0.25) is 13.7 Å². The molecule has 68 heteroatoms. The van der Waals surface area contributed by atoms with Crippen molar-refractivity contribution in [2.75, 3.05) is 0 Å². The van der Waals surface area contributed by atoms with Crippen LogP contribution in [0.15, 0.2) is 0 Å². The zero-order chi connectivity index (χ0) is 114.